The van der Waals surface area contributed by atoms with Gasteiger partial charge in [0.05, 0.1) is 21.8 Å². The monoisotopic (exact) mass is 438 g/mol. The van der Waals surface area contributed by atoms with E-state index in [0.717, 1.165) is 19.3 Å². The molecule has 0 amide bonds. The molecule has 5 rings (SSSR count). The van der Waals surface area contributed by atoms with Crippen molar-refractivity contribution >= 4 is 20.9 Å². The number of aromatic amines is 1. The molecule has 1 fully saturated rings. The second kappa shape index (κ2) is 7.85. The number of nitrogens with one attached hydrogen (secondary N) is 1. The Morgan fingerprint density at radius 1 is 1.00 bits per heavy atom. The molecule has 7 nitrogen and oxygen atoms in total. The predicted octanol–water partition coefficient (Wildman–Crippen LogP) is 2.48. The van der Waals surface area contributed by atoms with Gasteiger partial charge in [-0.3, -0.25) is 9.69 Å². The van der Waals surface area contributed by atoms with Crippen LogP contribution in [-0.4, -0.2) is 53.8 Å². The molecule has 2 aromatic carbocycles. The van der Waals surface area contributed by atoms with Crippen LogP contribution in [0.2, 0.25) is 0 Å². The van der Waals surface area contributed by atoms with Crippen LogP contribution in [0.5, 0.6) is 0 Å². The van der Waals surface area contributed by atoms with Crippen molar-refractivity contribution < 1.29 is 8.42 Å². The second-order valence-electron chi connectivity index (χ2n) is 8.37. The van der Waals surface area contributed by atoms with E-state index in [1.165, 1.54) is 11.1 Å². The minimum Gasteiger partial charge on any atom is -0.309 e. The van der Waals surface area contributed by atoms with Crippen molar-refractivity contribution in [2.24, 2.45) is 0 Å². The van der Waals surface area contributed by atoms with Gasteiger partial charge in [0.2, 0.25) is 10.0 Å². The molecule has 1 N–H and O–H groups in total. The molecule has 8 heteroatoms. The first-order valence-corrected chi connectivity index (χ1v) is 12.2. The number of H-pyrrole nitrogens is 1. The van der Waals surface area contributed by atoms with E-state index in [-0.39, 0.29) is 11.6 Å². The first-order chi connectivity index (χ1) is 14.9. The second-order valence-corrected chi connectivity index (χ2v) is 10.3. The summed E-state index contributed by atoms with van der Waals surface area (Å²) < 4.78 is 27.9. The van der Waals surface area contributed by atoms with Crippen molar-refractivity contribution in [2.75, 3.05) is 26.2 Å². The summed E-state index contributed by atoms with van der Waals surface area (Å²) in [6.07, 6.45) is 3.10. The van der Waals surface area contributed by atoms with Crippen LogP contribution in [0.1, 0.15) is 36.3 Å². The molecule has 0 unspecified atom stereocenters. The number of benzene rings is 2. The molecular weight excluding hydrogens is 412 g/mol. The summed E-state index contributed by atoms with van der Waals surface area (Å²) in [5.41, 5.74) is 2.96. The number of sulfonamides is 1. The van der Waals surface area contributed by atoms with E-state index in [4.69, 9.17) is 0 Å². The lowest BCUT2D eigenvalue weighted by atomic mass is 10.1. The average Bonchev–Trinajstić information content (AvgIpc) is 3.27. The van der Waals surface area contributed by atoms with E-state index in [1.54, 1.807) is 16.4 Å². The van der Waals surface area contributed by atoms with Gasteiger partial charge in [-0.05, 0) is 61.6 Å². The maximum absolute atomic E-state index is 13.2. The van der Waals surface area contributed by atoms with E-state index in [1.807, 2.05) is 37.3 Å². The Hall–Kier alpha value is -2.55. The molecule has 1 saturated heterocycles. The minimum atomic E-state index is -3.50. The molecule has 1 aliphatic heterocycles. The number of nitrogens with zero attached hydrogens (tertiary/aromatic N) is 3. The van der Waals surface area contributed by atoms with Crippen LogP contribution in [0, 0.1) is 0 Å². The third-order valence-electron chi connectivity index (χ3n) is 6.56. The quantitative estimate of drug-likeness (QED) is 0.676. The highest BCUT2D eigenvalue weighted by molar-refractivity contribution is 7.89. The van der Waals surface area contributed by atoms with Crippen molar-refractivity contribution in [1.29, 1.82) is 0 Å². The minimum absolute atomic E-state index is 0.109. The Bertz CT molecular complexity index is 1290. The Balaban J connectivity index is 1.31. The lowest BCUT2D eigenvalue weighted by molar-refractivity contribution is 0.141. The van der Waals surface area contributed by atoms with Gasteiger partial charge in [0.25, 0.3) is 5.56 Å². The van der Waals surface area contributed by atoms with Crippen LogP contribution in [-0.2, 0) is 22.9 Å². The molecule has 2 aliphatic rings. The fraction of sp³-hybridized carbons (Fsp3) is 0.391. The number of piperazine rings is 1. The highest BCUT2D eigenvalue weighted by Gasteiger charge is 2.31. The maximum Gasteiger partial charge on any atom is 0.258 e. The van der Waals surface area contributed by atoms with Crippen LogP contribution < -0.4 is 5.56 Å². The first kappa shape index (κ1) is 20.4. The zero-order valence-corrected chi connectivity index (χ0v) is 18.4. The fourth-order valence-corrected chi connectivity index (χ4v) is 6.14. The molecule has 1 aliphatic carbocycles. The summed E-state index contributed by atoms with van der Waals surface area (Å²) >= 11 is 0. The zero-order valence-electron chi connectivity index (χ0n) is 17.5. The number of para-hydroxylation sites is 1. The van der Waals surface area contributed by atoms with Gasteiger partial charge in [0.1, 0.15) is 5.82 Å². The number of hydrogen-bond acceptors (Lipinski definition) is 5. The zero-order chi connectivity index (χ0) is 21.6. The van der Waals surface area contributed by atoms with Crippen LogP contribution >= 0.6 is 0 Å². The van der Waals surface area contributed by atoms with E-state index >= 15 is 0 Å². The molecule has 0 saturated carbocycles. The van der Waals surface area contributed by atoms with Gasteiger partial charge in [0.15, 0.2) is 0 Å². The molecule has 2 heterocycles. The van der Waals surface area contributed by atoms with Gasteiger partial charge in [0, 0.05) is 26.2 Å². The summed E-state index contributed by atoms with van der Waals surface area (Å²) in [7, 11) is -3.50. The lowest BCUT2D eigenvalue weighted by Gasteiger charge is -2.37. The SMILES string of the molecule is C[C@@H](c1nc2ccccc2c(=O)[nH]1)N1CCN(S(=O)(=O)c2ccc3c(c2)CCC3)CC1. The van der Waals surface area contributed by atoms with Gasteiger partial charge >= 0.3 is 0 Å². The topological polar surface area (TPSA) is 86.4 Å². The van der Waals surface area contributed by atoms with Crippen LogP contribution in [0.4, 0.5) is 0 Å². The van der Waals surface area contributed by atoms with Crippen LogP contribution in [0.15, 0.2) is 52.2 Å². The maximum atomic E-state index is 13.2. The van der Waals surface area contributed by atoms with Crippen molar-refractivity contribution in [3.63, 3.8) is 0 Å². The number of hydrogen-bond donors (Lipinski definition) is 1. The summed E-state index contributed by atoms with van der Waals surface area (Å²) in [6.45, 7) is 4.00. The summed E-state index contributed by atoms with van der Waals surface area (Å²) in [4.78, 5) is 22.5. The number of aryl methyl sites for hydroxylation is 2. The van der Waals surface area contributed by atoms with Gasteiger partial charge in [-0.15, -0.1) is 0 Å². The lowest BCUT2D eigenvalue weighted by Crippen LogP contribution is -2.49. The first-order valence-electron chi connectivity index (χ1n) is 10.8. The molecule has 31 heavy (non-hydrogen) atoms. The Kier molecular flexibility index (Phi) is 5.16. The largest absolute Gasteiger partial charge is 0.309 e. The Labute approximate surface area is 181 Å². The van der Waals surface area contributed by atoms with Crippen molar-refractivity contribution in [2.45, 2.75) is 37.1 Å². The van der Waals surface area contributed by atoms with E-state index in [2.05, 4.69) is 14.9 Å². The Morgan fingerprint density at radius 2 is 1.74 bits per heavy atom. The molecular formula is C23H26N4O3S. The third kappa shape index (κ3) is 3.69. The normalized spacial score (nSPS) is 18.9. The molecule has 1 atom stereocenters. The molecule has 0 bridgehead atoms. The fourth-order valence-electron chi connectivity index (χ4n) is 4.66. The van der Waals surface area contributed by atoms with Crippen molar-refractivity contribution in [1.82, 2.24) is 19.2 Å². The highest BCUT2D eigenvalue weighted by atomic mass is 32.2. The van der Waals surface area contributed by atoms with Gasteiger partial charge < -0.3 is 4.98 Å². The molecule has 0 radical (unpaired) electrons. The smallest absolute Gasteiger partial charge is 0.258 e. The Morgan fingerprint density at radius 3 is 2.55 bits per heavy atom. The van der Waals surface area contributed by atoms with E-state index < -0.39 is 10.0 Å². The average molecular weight is 439 g/mol. The van der Waals surface area contributed by atoms with E-state index in [9.17, 15) is 13.2 Å². The van der Waals surface area contributed by atoms with E-state index in [0.29, 0.717) is 47.8 Å². The van der Waals surface area contributed by atoms with Gasteiger partial charge in [-0.1, -0.05) is 18.2 Å². The summed E-state index contributed by atoms with van der Waals surface area (Å²) in [5, 5.41) is 0.573. The van der Waals surface area contributed by atoms with Gasteiger partial charge in [-0.2, -0.15) is 4.31 Å². The van der Waals surface area contributed by atoms with Crippen LogP contribution in [0.3, 0.4) is 0 Å². The molecule has 162 valence electrons. The standard InChI is InChI=1S/C23H26N4O3S/c1-16(22-24-21-8-3-2-7-20(21)23(28)25-22)26-11-13-27(14-12-26)31(29,30)19-10-9-17-5-4-6-18(17)15-19/h2-3,7-10,15-16H,4-6,11-14H2,1H3,(H,24,25,28)/t16-/m0/s1. The van der Waals surface area contributed by atoms with Gasteiger partial charge in [-0.25, -0.2) is 13.4 Å². The van der Waals surface area contributed by atoms with Crippen molar-refractivity contribution in [3.8, 4) is 0 Å². The molecule has 0 spiro atoms. The number of fused-ring (bicyclic) bond motifs is 2. The predicted molar refractivity (Wildman–Crippen MR) is 120 cm³/mol. The van der Waals surface area contributed by atoms with Crippen molar-refractivity contribution in [3.05, 3.63) is 69.8 Å². The number of aromatic nitrogens is 2. The molecule has 3 aromatic rings. The molecule has 1 aromatic heterocycles. The third-order valence-corrected chi connectivity index (χ3v) is 8.45. The highest BCUT2D eigenvalue weighted by Crippen LogP contribution is 2.27. The summed E-state index contributed by atoms with van der Waals surface area (Å²) in [6, 6.07) is 12.8. The number of rotatable bonds is 4. The van der Waals surface area contributed by atoms with Crippen LogP contribution in [0.25, 0.3) is 10.9 Å². The summed E-state index contributed by atoms with van der Waals surface area (Å²) in [5.74, 6) is 0.610.